The molecule has 0 radical (unpaired) electrons. The molecule has 1 aliphatic rings. The van der Waals surface area contributed by atoms with Gasteiger partial charge in [0.1, 0.15) is 21.9 Å². The van der Waals surface area contributed by atoms with E-state index in [9.17, 15) is 19.6 Å². The van der Waals surface area contributed by atoms with E-state index in [0.29, 0.717) is 28.9 Å². The van der Waals surface area contributed by atoms with Crippen molar-refractivity contribution in [2.45, 2.75) is 19.9 Å². The number of aromatic nitrogens is 1. The standard InChI is InChI=1S/C26H32N6O4S/c1-4-16-36-26(35)21(17-27)25-32(5-2)24(34)22(37-25)18-28-19-6-8-20(9-7-19)29-23(33)10-11-31-14-12-30(3)13-15-31/h4,6-9,18,28H,1,5,10-16H2,2-3H3,(H,29,33). The van der Waals surface area contributed by atoms with E-state index in [0.717, 1.165) is 44.1 Å². The van der Waals surface area contributed by atoms with Crippen molar-refractivity contribution in [2.24, 2.45) is 0 Å². The van der Waals surface area contributed by atoms with Crippen molar-refractivity contribution in [3.63, 3.8) is 0 Å². The zero-order valence-corrected chi connectivity index (χ0v) is 22.0. The number of thiazole rings is 1. The number of ether oxygens (including phenoxy) is 1. The van der Waals surface area contributed by atoms with Gasteiger partial charge in [-0.25, -0.2) is 4.79 Å². The fraction of sp³-hybridized carbons (Fsp3) is 0.385. The number of piperazine rings is 1. The molecule has 0 spiro atoms. The molecule has 0 unspecified atom stereocenters. The summed E-state index contributed by atoms with van der Waals surface area (Å²) in [6, 6.07) is 9.00. The van der Waals surface area contributed by atoms with Gasteiger partial charge >= 0.3 is 5.97 Å². The molecule has 0 aliphatic carbocycles. The lowest BCUT2D eigenvalue weighted by molar-refractivity contribution is -0.135. The zero-order valence-electron chi connectivity index (χ0n) is 21.2. The maximum Gasteiger partial charge on any atom is 0.352 e. The summed E-state index contributed by atoms with van der Waals surface area (Å²) in [6.07, 6.45) is 3.38. The number of likely N-dealkylation sites (N-methyl/N-ethyl adjacent to an activating group) is 1. The molecule has 2 heterocycles. The Hall–Kier alpha value is -3.72. The molecule has 2 aromatic rings. The zero-order chi connectivity index (χ0) is 26.8. The van der Waals surface area contributed by atoms with Crippen LogP contribution in [0.25, 0.3) is 11.8 Å². The molecule has 11 heteroatoms. The lowest BCUT2D eigenvalue weighted by Crippen LogP contribution is -2.45. The van der Waals surface area contributed by atoms with E-state index in [1.807, 2.05) is 6.07 Å². The first-order valence-electron chi connectivity index (χ1n) is 12.1. The molecule has 1 aliphatic heterocycles. The van der Waals surface area contributed by atoms with E-state index in [4.69, 9.17) is 4.74 Å². The number of nitriles is 1. The van der Waals surface area contributed by atoms with E-state index < -0.39 is 5.97 Å². The second kappa shape index (κ2) is 13.5. The van der Waals surface area contributed by atoms with Gasteiger partial charge in [0.15, 0.2) is 5.57 Å². The number of esters is 1. The second-order valence-corrected chi connectivity index (χ2v) is 9.53. The molecule has 0 bridgehead atoms. The van der Waals surface area contributed by atoms with Crippen molar-refractivity contribution in [3.8, 4) is 6.07 Å². The predicted octanol–water partition coefficient (Wildman–Crippen LogP) is 0.759. The number of anilines is 2. The monoisotopic (exact) mass is 524 g/mol. The smallest absolute Gasteiger partial charge is 0.352 e. The van der Waals surface area contributed by atoms with Crippen LogP contribution in [0.5, 0.6) is 0 Å². The number of carbonyl (C=O) groups is 2. The van der Waals surface area contributed by atoms with Crippen LogP contribution in [-0.4, -0.2) is 72.6 Å². The molecule has 3 rings (SSSR count). The van der Waals surface area contributed by atoms with Crippen molar-refractivity contribution in [1.29, 1.82) is 5.26 Å². The number of amides is 1. The van der Waals surface area contributed by atoms with Crippen LogP contribution in [0.4, 0.5) is 11.4 Å². The van der Waals surface area contributed by atoms with Gasteiger partial charge in [-0.05, 0) is 38.2 Å². The average Bonchev–Trinajstić information content (AvgIpc) is 3.21. The van der Waals surface area contributed by atoms with E-state index in [-0.39, 0.29) is 28.3 Å². The first kappa shape index (κ1) is 27.9. The highest BCUT2D eigenvalue weighted by Gasteiger charge is 2.17. The number of hydrogen-bond acceptors (Lipinski definition) is 9. The second-order valence-electron chi connectivity index (χ2n) is 8.50. The fourth-order valence-corrected chi connectivity index (χ4v) is 4.81. The van der Waals surface area contributed by atoms with Gasteiger partial charge in [-0.3, -0.25) is 14.2 Å². The summed E-state index contributed by atoms with van der Waals surface area (Å²) in [5.41, 5.74) is 0.858. The highest BCUT2D eigenvalue weighted by molar-refractivity contribution is 7.07. The minimum atomic E-state index is -0.800. The van der Waals surface area contributed by atoms with Crippen molar-refractivity contribution in [2.75, 3.05) is 57.0 Å². The van der Waals surface area contributed by atoms with Crippen LogP contribution in [0, 0.1) is 11.3 Å². The number of nitrogens with one attached hydrogen (secondary N) is 2. The third-order valence-electron chi connectivity index (χ3n) is 5.88. The minimum absolute atomic E-state index is 0.0288. The number of rotatable bonds is 10. The van der Waals surface area contributed by atoms with Gasteiger partial charge in [0.2, 0.25) is 5.91 Å². The highest BCUT2D eigenvalue weighted by atomic mass is 32.1. The molecule has 1 aromatic heterocycles. The first-order chi connectivity index (χ1) is 17.9. The van der Waals surface area contributed by atoms with Crippen LogP contribution >= 0.6 is 11.3 Å². The van der Waals surface area contributed by atoms with E-state index >= 15 is 0 Å². The van der Waals surface area contributed by atoms with Crippen molar-refractivity contribution < 1.29 is 14.3 Å². The highest BCUT2D eigenvalue weighted by Crippen LogP contribution is 2.14. The topological polar surface area (TPSA) is 120 Å². The molecule has 1 aromatic carbocycles. The Morgan fingerprint density at radius 1 is 1.19 bits per heavy atom. The predicted molar refractivity (Wildman–Crippen MR) is 145 cm³/mol. The van der Waals surface area contributed by atoms with E-state index in [2.05, 4.69) is 34.1 Å². The molecule has 2 N–H and O–H groups in total. The maximum atomic E-state index is 12.8. The van der Waals surface area contributed by atoms with Gasteiger partial charge < -0.3 is 25.2 Å². The maximum absolute atomic E-state index is 12.8. The van der Waals surface area contributed by atoms with Crippen molar-refractivity contribution >= 4 is 46.4 Å². The van der Waals surface area contributed by atoms with Crippen LogP contribution in [0.3, 0.4) is 0 Å². The third kappa shape index (κ3) is 7.63. The summed E-state index contributed by atoms with van der Waals surface area (Å²) >= 11 is 1.04. The van der Waals surface area contributed by atoms with Crippen molar-refractivity contribution in [1.82, 2.24) is 14.4 Å². The van der Waals surface area contributed by atoms with Gasteiger partial charge in [0.05, 0.1) is 0 Å². The molecule has 1 amide bonds. The summed E-state index contributed by atoms with van der Waals surface area (Å²) in [4.78, 5) is 42.0. The molecule has 0 saturated carbocycles. The Kier molecular flexibility index (Phi) is 10.2. The average molecular weight is 525 g/mol. The molecule has 10 nitrogen and oxygen atoms in total. The molecule has 1 saturated heterocycles. The van der Waals surface area contributed by atoms with Gasteiger partial charge in [0.25, 0.3) is 5.56 Å². The van der Waals surface area contributed by atoms with E-state index in [1.165, 1.54) is 16.8 Å². The van der Waals surface area contributed by atoms with Gasteiger partial charge in [-0.1, -0.05) is 12.7 Å². The van der Waals surface area contributed by atoms with Gasteiger partial charge in [-0.2, -0.15) is 5.26 Å². The number of carbonyl (C=O) groups excluding carboxylic acids is 2. The minimum Gasteiger partial charge on any atom is -0.457 e. The summed E-state index contributed by atoms with van der Waals surface area (Å²) < 4.78 is 6.93. The Morgan fingerprint density at radius 2 is 1.86 bits per heavy atom. The molecule has 1 fully saturated rings. The van der Waals surface area contributed by atoms with Gasteiger partial charge in [-0.15, -0.1) is 11.3 Å². The van der Waals surface area contributed by atoms with Crippen LogP contribution in [0.2, 0.25) is 0 Å². The molecule has 196 valence electrons. The van der Waals surface area contributed by atoms with Crippen LogP contribution < -0.4 is 25.4 Å². The van der Waals surface area contributed by atoms with Crippen LogP contribution in [0.15, 0.2) is 41.7 Å². The lowest BCUT2D eigenvalue weighted by Gasteiger charge is -2.32. The largest absolute Gasteiger partial charge is 0.457 e. The third-order valence-corrected chi connectivity index (χ3v) is 7.01. The SMILES string of the molecule is C=CCOC(=O)C(C#N)=c1sc(=CNc2ccc(NC(=O)CCN3CCN(C)CC3)cc2)c(=O)n1CC. The van der Waals surface area contributed by atoms with Crippen LogP contribution in [-0.2, 0) is 20.9 Å². The van der Waals surface area contributed by atoms with Crippen LogP contribution in [0.1, 0.15) is 13.3 Å². The Bertz CT molecular complexity index is 1330. The summed E-state index contributed by atoms with van der Waals surface area (Å²) in [7, 11) is 2.10. The van der Waals surface area contributed by atoms with E-state index in [1.54, 1.807) is 31.2 Å². The summed E-state index contributed by atoms with van der Waals surface area (Å²) in [6.45, 7) is 10.2. The van der Waals surface area contributed by atoms with Crippen molar-refractivity contribution in [3.05, 3.63) is 56.5 Å². The quantitative estimate of drug-likeness (QED) is 0.345. The number of benzene rings is 1. The summed E-state index contributed by atoms with van der Waals surface area (Å²) in [5, 5.41) is 15.5. The normalized spacial score (nSPS) is 15.5. The molecular weight excluding hydrogens is 492 g/mol. The molecule has 37 heavy (non-hydrogen) atoms. The fourth-order valence-electron chi connectivity index (χ4n) is 3.73. The number of nitrogens with zero attached hydrogens (tertiary/aromatic N) is 4. The Morgan fingerprint density at radius 3 is 2.49 bits per heavy atom. The Balaban J connectivity index is 1.66. The number of hydrogen-bond donors (Lipinski definition) is 2. The molecular formula is C26H32N6O4S. The Labute approximate surface area is 219 Å². The summed E-state index contributed by atoms with van der Waals surface area (Å²) in [5.74, 6) is -0.833. The molecule has 0 atom stereocenters. The first-order valence-corrected chi connectivity index (χ1v) is 12.9. The lowest BCUT2D eigenvalue weighted by atomic mass is 10.2. The van der Waals surface area contributed by atoms with Gasteiger partial charge in [0, 0.05) is 63.3 Å².